The quantitative estimate of drug-likeness (QED) is 0.534. The first-order valence-electron chi connectivity index (χ1n) is 9.16. The SMILES string of the molecule is N#CCCCCCCCCCCC1(c2ccc(O)cc2)C=CC=N1. The molecule has 1 heterocycles. The summed E-state index contributed by atoms with van der Waals surface area (Å²) in [5.74, 6) is 0.301. The van der Waals surface area contributed by atoms with Crippen LogP contribution < -0.4 is 0 Å². The van der Waals surface area contributed by atoms with E-state index in [1.165, 1.54) is 38.5 Å². The average molecular weight is 324 g/mol. The first-order valence-corrected chi connectivity index (χ1v) is 9.16. The summed E-state index contributed by atoms with van der Waals surface area (Å²) >= 11 is 0. The molecular weight excluding hydrogens is 296 g/mol. The highest BCUT2D eigenvalue weighted by Gasteiger charge is 2.29. The number of nitriles is 1. The molecule has 0 saturated heterocycles. The summed E-state index contributed by atoms with van der Waals surface area (Å²) in [7, 11) is 0. The zero-order valence-corrected chi connectivity index (χ0v) is 14.5. The number of rotatable bonds is 11. The third-order valence-electron chi connectivity index (χ3n) is 4.73. The molecular formula is C21H28N2O. The van der Waals surface area contributed by atoms with Gasteiger partial charge in [0.25, 0.3) is 0 Å². The van der Waals surface area contributed by atoms with Crippen LogP contribution in [0.5, 0.6) is 5.75 Å². The number of unbranched alkanes of at least 4 members (excludes halogenated alkanes) is 8. The van der Waals surface area contributed by atoms with Crippen molar-refractivity contribution in [3.05, 3.63) is 42.0 Å². The van der Waals surface area contributed by atoms with Crippen LogP contribution in [0, 0.1) is 11.3 Å². The van der Waals surface area contributed by atoms with E-state index in [0.29, 0.717) is 12.2 Å². The average Bonchev–Trinajstić information content (AvgIpc) is 3.07. The zero-order valence-electron chi connectivity index (χ0n) is 14.5. The topological polar surface area (TPSA) is 56.4 Å². The number of allylic oxidation sites excluding steroid dienone is 1. The summed E-state index contributed by atoms with van der Waals surface area (Å²) in [6, 6.07) is 9.64. The second-order valence-electron chi connectivity index (χ2n) is 6.59. The van der Waals surface area contributed by atoms with Crippen molar-refractivity contribution in [3.63, 3.8) is 0 Å². The molecule has 0 radical (unpaired) electrons. The van der Waals surface area contributed by atoms with E-state index >= 15 is 0 Å². The van der Waals surface area contributed by atoms with Crippen LogP contribution >= 0.6 is 0 Å². The van der Waals surface area contributed by atoms with Gasteiger partial charge in [-0.1, -0.05) is 63.2 Å². The number of phenols is 1. The Morgan fingerprint density at radius 2 is 1.54 bits per heavy atom. The standard InChI is InChI=1S/C21H28N2O/c22-17-9-7-5-3-1-2-4-6-8-15-21(16-10-18-23-21)19-11-13-20(24)14-12-19/h10-14,16,18,24H,1-9,15H2. The van der Waals surface area contributed by atoms with E-state index in [4.69, 9.17) is 10.3 Å². The lowest BCUT2D eigenvalue weighted by molar-refractivity contribution is 0.464. The first kappa shape index (κ1) is 18.3. The van der Waals surface area contributed by atoms with Crippen molar-refractivity contribution in [1.82, 2.24) is 0 Å². The lowest BCUT2D eigenvalue weighted by Gasteiger charge is -2.25. The maximum atomic E-state index is 9.48. The molecule has 0 bridgehead atoms. The molecule has 1 atom stereocenters. The van der Waals surface area contributed by atoms with Gasteiger partial charge in [0.05, 0.1) is 6.07 Å². The van der Waals surface area contributed by atoms with E-state index in [1.807, 2.05) is 24.4 Å². The molecule has 0 spiro atoms. The van der Waals surface area contributed by atoms with E-state index in [0.717, 1.165) is 24.8 Å². The van der Waals surface area contributed by atoms with Crippen molar-refractivity contribution >= 4 is 6.21 Å². The van der Waals surface area contributed by atoms with Crippen molar-refractivity contribution < 1.29 is 5.11 Å². The summed E-state index contributed by atoms with van der Waals surface area (Å²) in [4.78, 5) is 4.70. The third kappa shape index (κ3) is 5.53. The largest absolute Gasteiger partial charge is 0.508 e. The van der Waals surface area contributed by atoms with Gasteiger partial charge in [0.1, 0.15) is 11.3 Å². The Bertz CT molecular complexity index is 569. The Morgan fingerprint density at radius 1 is 0.917 bits per heavy atom. The van der Waals surface area contributed by atoms with Crippen LogP contribution in [0.2, 0.25) is 0 Å². The molecule has 1 N–H and O–H groups in total. The highest BCUT2D eigenvalue weighted by molar-refractivity contribution is 5.75. The van der Waals surface area contributed by atoms with Crippen LogP contribution in [-0.2, 0) is 5.54 Å². The molecule has 1 aromatic carbocycles. The molecule has 3 nitrogen and oxygen atoms in total. The molecule has 0 aliphatic carbocycles. The van der Waals surface area contributed by atoms with Crippen molar-refractivity contribution in [2.75, 3.05) is 0 Å². The Balaban J connectivity index is 1.66. The van der Waals surface area contributed by atoms with Crippen LogP contribution in [0.3, 0.4) is 0 Å². The Hall–Kier alpha value is -2.08. The maximum absolute atomic E-state index is 9.48. The summed E-state index contributed by atoms with van der Waals surface area (Å²) in [5.41, 5.74) is 0.924. The molecule has 0 fully saturated rings. The molecule has 0 saturated carbocycles. The van der Waals surface area contributed by atoms with Gasteiger partial charge in [0.2, 0.25) is 0 Å². The lowest BCUT2D eigenvalue weighted by atomic mass is 9.85. The van der Waals surface area contributed by atoms with Gasteiger partial charge in [0.15, 0.2) is 0 Å². The van der Waals surface area contributed by atoms with Gasteiger partial charge in [-0.3, -0.25) is 4.99 Å². The minimum absolute atomic E-state index is 0.231. The predicted molar refractivity (Wildman–Crippen MR) is 99.2 cm³/mol. The second-order valence-corrected chi connectivity index (χ2v) is 6.59. The lowest BCUT2D eigenvalue weighted by Crippen LogP contribution is -2.18. The van der Waals surface area contributed by atoms with Crippen molar-refractivity contribution in [1.29, 1.82) is 5.26 Å². The maximum Gasteiger partial charge on any atom is 0.115 e. The van der Waals surface area contributed by atoms with Crippen molar-refractivity contribution in [3.8, 4) is 11.8 Å². The number of benzene rings is 1. The molecule has 3 heteroatoms. The molecule has 1 aliphatic rings. The molecule has 24 heavy (non-hydrogen) atoms. The predicted octanol–water partition coefficient (Wildman–Crippen LogP) is 5.65. The first-order chi connectivity index (χ1) is 11.8. The molecule has 1 aromatic rings. The fraction of sp³-hybridized carbons (Fsp3) is 0.524. The van der Waals surface area contributed by atoms with Crippen LogP contribution in [-0.4, -0.2) is 11.3 Å². The minimum atomic E-state index is -0.231. The van der Waals surface area contributed by atoms with Gasteiger partial charge in [-0.25, -0.2) is 0 Å². The fourth-order valence-electron chi connectivity index (χ4n) is 3.29. The van der Waals surface area contributed by atoms with E-state index < -0.39 is 0 Å². The monoisotopic (exact) mass is 324 g/mol. The summed E-state index contributed by atoms with van der Waals surface area (Å²) in [6.45, 7) is 0. The third-order valence-corrected chi connectivity index (χ3v) is 4.73. The Morgan fingerprint density at radius 3 is 2.12 bits per heavy atom. The second kappa shape index (κ2) is 9.93. The highest BCUT2D eigenvalue weighted by Crippen LogP contribution is 2.36. The summed E-state index contributed by atoms with van der Waals surface area (Å²) in [6.07, 6.45) is 17.6. The number of aromatic hydroxyl groups is 1. The van der Waals surface area contributed by atoms with Gasteiger partial charge in [-0.15, -0.1) is 0 Å². The van der Waals surface area contributed by atoms with Crippen LogP contribution in [0.15, 0.2) is 41.4 Å². The minimum Gasteiger partial charge on any atom is -0.508 e. The van der Waals surface area contributed by atoms with Gasteiger partial charge in [-0.05, 0) is 36.6 Å². The van der Waals surface area contributed by atoms with Gasteiger partial charge >= 0.3 is 0 Å². The normalized spacial score (nSPS) is 18.8. The van der Waals surface area contributed by atoms with Gasteiger partial charge in [0, 0.05) is 12.6 Å². The molecule has 2 rings (SSSR count). The smallest absolute Gasteiger partial charge is 0.115 e. The van der Waals surface area contributed by atoms with Gasteiger partial charge < -0.3 is 5.11 Å². The summed E-state index contributed by atoms with van der Waals surface area (Å²) in [5, 5.41) is 18.0. The van der Waals surface area contributed by atoms with Crippen molar-refractivity contribution in [2.45, 2.75) is 69.7 Å². The number of hydrogen-bond acceptors (Lipinski definition) is 3. The molecule has 0 amide bonds. The molecule has 128 valence electrons. The number of hydrogen-bond donors (Lipinski definition) is 1. The molecule has 1 aliphatic heterocycles. The Kier molecular flexibility index (Phi) is 7.55. The number of nitrogens with zero attached hydrogens (tertiary/aromatic N) is 2. The van der Waals surface area contributed by atoms with Crippen LogP contribution in [0.1, 0.15) is 69.8 Å². The molecule has 1 unspecified atom stereocenters. The fourth-order valence-corrected chi connectivity index (χ4v) is 3.29. The van der Waals surface area contributed by atoms with Crippen molar-refractivity contribution in [2.24, 2.45) is 4.99 Å². The summed E-state index contributed by atoms with van der Waals surface area (Å²) < 4.78 is 0. The number of phenolic OH excluding ortho intramolecular Hbond substituents is 1. The number of aliphatic imine (C=N–C) groups is 1. The Labute approximate surface area is 145 Å². The van der Waals surface area contributed by atoms with Gasteiger partial charge in [-0.2, -0.15) is 5.26 Å². The van der Waals surface area contributed by atoms with E-state index in [-0.39, 0.29) is 5.54 Å². The van der Waals surface area contributed by atoms with E-state index in [1.54, 1.807) is 12.1 Å². The van der Waals surface area contributed by atoms with E-state index in [9.17, 15) is 5.11 Å². The van der Waals surface area contributed by atoms with Crippen LogP contribution in [0.25, 0.3) is 0 Å². The zero-order chi connectivity index (χ0) is 17.1. The molecule has 0 aromatic heterocycles. The highest BCUT2D eigenvalue weighted by atomic mass is 16.3. The van der Waals surface area contributed by atoms with E-state index in [2.05, 4.69) is 12.1 Å². The van der Waals surface area contributed by atoms with Crippen LogP contribution in [0.4, 0.5) is 0 Å².